The summed E-state index contributed by atoms with van der Waals surface area (Å²) in [5.74, 6) is 2.20. The van der Waals surface area contributed by atoms with E-state index in [1.165, 1.54) is 0 Å². The third-order valence-electron chi connectivity index (χ3n) is 3.08. The highest BCUT2D eigenvalue weighted by molar-refractivity contribution is 7.85. The molecule has 1 heterocycles. The van der Waals surface area contributed by atoms with E-state index in [-0.39, 0.29) is 5.91 Å². The highest BCUT2D eigenvalue weighted by Crippen LogP contribution is 2.11. The average molecular weight is 231 g/mol. The van der Waals surface area contributed by atoms with E-state index in [9.17, 15) is 9.00 Å². The molecule has 0 radical (unpaired) electrons. The van der Waals surface area contributed by atoms with Gasteiger partial charge in [0.05, 0.1) is 0 Å². The molecule has 1 amide bonds. The summed E-state index contributed by atoms with van der Waals surface area (Å²) in [7, 11) is -0.686. The summed E-state index contributed by atoms with van der Waals surface area (Å²) in [6.07, 6.45) is 2.77. The van der Waals surface area contributed by atoms with Gasteiger partial charge in [-0.1, -0.05) is 20.3 Å². The highest BCUT2D eigenvalue weighted by atomic mass is 32.2. The Labute approximate surface area is 94.7 Å². The van der Waals surface area contributed by atoms with Crippen molar-refractivity contribution < 1.29 is 9.00 Å². The molecule has 3 nitrogen and oxygen atoms in total. The molecule has 0 aromatic carbocycles. The zero-order valence-electron chi connectivity index (χ0n) is 9.70. The largest absolute Gasteiger partial charge is 0.341 e. The van der Waals surface area contributed by atoms with Gasteiger partial charge in [-0.25, -0.2) is 0 Å². The van der Waals surface area contributed by atoms with Crippen LogP contribution >= 0.6 is 0 Å². The average Bonchev–Trinajstić information content (AvgIpc) is 2.26. The van der Waals surface area contributed by atoms with E-state index in [1.807, 2.05) is 4.90 Å². The van der Waals surface area contributed by atoms with Gasteiger partial charge in [0.25, 0.3) is 0 Å². The number of rotatable bonds is 4. The Bertz CT molecular complexity index is 233. The van der Waals surface area contributed by atoms with Crippen molar-refractivity contribution in [2.75, 3.05) is 24.6 Å². The maximum atomic E-state index is 11.8. The summed E-state index contributed by atoms with van der Waals surface area (Å²) in [6.45, 7) is 5.70. The molecule has 0 spiro atoms. The Hall–Kier alpha value is -0.380. The lowest BCUT2D eigenvalue weighted by atomic mass is 10.0. The Morgan fingerprint density at radius 1 is 1.40 bits per heavy atom. The lowest BCUT2D eigenvalue weighted by molar-refractivity contribution is -0.131. The molecule has 88 valence electrons. The third kappa shape index (κ3) is 4.33. The zero-order valence-corrected chi connectivity index (χ0v) is 10.5. The number of amides is 1. The predicted octanol–water partition coefficient (Wildman–Crippen LogP) is 1.40. The quantitative estimate of drug-likeness (QED) is 0.733. The minimum absolute atomic E-state index is 0.243. The van der Waals surface area contributed by atoms with Crippen LogP contribution in [0.15, 0.2) is 0 Å². The van der Waals surface area contributed by atoms with Crippen LogP contribution in [0.25, 0.3) is 0 Å². The molecule has 1 saturated heterocycles. The molecule has 0 bridgehead atoms. The van der Waals surface area contributed by atoms with Crippen LogP contribution in [0.2, 0.25) is 0 Å². The number of hydrogen-bond acceptors (Lipinski definition) is 2. The van der Waals surface area contributed by atoms with E-state index in [4.69, 9.17) is 0 Å². The van der Waals surface area contributed by atoms with Crippen LogP contribution in [-0.2, 0) is 15.6 Å². The van der Waals surface area contributed by atoms with Gasteiger partial charge in [0, 0.05) is 41.8 Å². The molecule has 0 aromatic rings. The Morgan fingerprint density at radius 3 is 2.53 bits per heavy atom. The molecule has 0 aliphatic carbocycles. The van der Waals surface area contributed by atoms with Crippen LogP contribution in [0, 0.1) is 5.92 Å². The van der Waals surface area contributed by atoms with Gasteiger partial charge < -0.3 is 4.90 Å². The monoisotopic (exact) mass is 231 g/mol. The third-order valence-corrected chi connectivity index (χ3v) is 4.35. The first-order chi connectivity index (χ1) is 7.13. The molecule has 1 rings (SSSR count). The maximum Gasteiger partial charge on any atom is 0.222 e. The summed E-state index contributed by atoms with van der Waals surface area (Å²) in [5.41, 5.74) is 0. The highest BCUT2D eigenvalue weighted by Gasteiger charge is 2.19. The van der Waals surface area contributed by atoms with Crippen LogP contribution < -0.4 is 0 Å². The molecule has 1 aliphatic heterocycles. The molecule has 4 heteroatoms. The predicted molar refractivity (Wildman–Crippen MR) is 63.1 cm³/mol. The molecule has 1 unspecified atom stereocenters. The molecule has 0 aromatic heterocycles. The second-order valence-electron chi connectivity index (χ2n) is 4.28. The van der Waals surface area contributed by atoms with Crippen molar-refractivity contribution in [3.05, 3.63) is 0 Å². The molecule has 0 saturated carbocycles. The Kier molecular flexibility index (Phi) is 5.29. The number of carbonyl (C=O) groups excluding carboxylic acids is 1. The van der Waals surface area contributed by atoms with Crippen molar-refractivity contribution in [1.82, 2.24) is 4.90 Å². The molecule has 1 fully saturated rings. The first kappa shape index (κ1) is 12.7. The second kappa shape index (κ2) is 6.26. The van der Waals surface area contributed by atoms with Crippen LogP contribution in [0.3, 0.4) is 0 Å². The molecular weight excluding hydrogens is 210 g/mol. The summed E-state index contributed by atoms with van der Waals surface area (Å²) in [6, 6.07) is 0. The normalized spacial score (nSPS) is 20.3. The van der Waals surface area contributed by atoms with E-state index < -0.39 is 10.8 Å². The number of nitrogens with zero attached hydrogens (tertiary/aromatic N) is 1. The molecule has 1 atom stereocenters. The molecular formula is C11H21NO2S. The molecule has 1 aliphatic rings. The van der Waals surface area contributed by atoms with Gasteiger partial charge in [0.15, 0.2) is 0 Å². The first-order valence-electron chi connectivity index (χ1n) is 5.76. The first-order valence-corrected chi connectivity index (χ1v) is 7.25. The summed E-state index contributed by atoms with van der Waals surface area (Å²) < 4.78 is 11.1. The van der Waals surface area contributed by atoms with Gasteiger partial charge in [-0.05, 0) is 12.3 Å². The topological polar surface area (TPSA) is 37.4 Å². The van der Waals surface area contributed by atoms with E-state index in [0.29, 0.717) is 36.9 Å². The minimum Gasteiger partial charge on any atom is -0.341 e. The van der Waals surface area contributed by atoms with Gasteiger partial charge in [-0.2, -0.15) is 0 Å². The number of carbonyl (C=O) groups is 1. The summed E-state index contributed by atoms with van der Waals surface area (Å²) >= 11 is 0. The van der Waals surface area contributed by atoms with E-state index in [2.05, 4.69) is 13.8 Å². The van der Waals surface area contributed by atoms with Crippen LogP contribution in [0.4, 0.5) is 0 Å². The van der Waals surface area contributed by atoms with Crippen molar-refractivity contribution in [2.24, 2.45) is 5.92 Å². The SMILES string of the molecule is CCC(C)CCC(=O)N1CCS(=O)CC1. The van der Waals surface area contributed by atoms with E-state index in [1.54, 1.807) is 0 Å². The zero-order chi connectivity index (χ0) is 11.3. The lowest BCUT2D eigenvalue weighted by Crippen LogP contribution is -2.41. The number of hydrogen-bond donors (Lipinski definition) is 0. The maximum absolute atomic E-state index is 11.8. The van der Waals surface area contributed by atoms with Crippen molar-refractivity contribution in [3.63, 3.8) is 0 Å². The fourth-order valence-electron chi connectivity index (χ4n) is 1.62. The molecule has 15 heavy (non-hydrogen) atoms. The second-order valence-corrected chi connectivity index (χ2v) is 5.98. The van der Waals surface area contributed by atoms with Crippen LogP contribution in [0.1, 0.15) is 33.1 Å². The van der Waals surface area contributed by atoms with Gasteiger partial charge in [0.1, 0.15) is 0 Å². The minimum atomic E-state index is -0.686. The smallest absolute Gasteiger partial charge is 0.222 e. The fraction of sp³-hybridized carbons (Fsp3) is 0.909. The van der Waals surface area contributed by atoms with Crippen LogP contribution in [-0.4, -0.2) is 39.6 Å². The Balaban J connectivity index is 2.25. The van der Waals surface area contributed by atoms with Gasteiger partial charge >= 0.3 is 0 Å². The standard InChI is InChI=1S/C11H21NO2S/c1-3-10(2)4-5-11(13)12-6-8-15(14)9-7-12/h10H,3-9H2,1-2H3. The van der Waals surface area contributed by atoms with Gasteiger partial charge in [-0.3, -0.25) is 9.00 Å². The van der Waals surface area contributed by atoms with Crippen molar-refractivity contribution in [1.29, 1.82) is 0 Å². The molecule has 0 N–H and O–H groups in total. The fourth-order valence-corrected chi connectivity index (χ4v) is 2.67. The summed E-state index contributed by atoms with van der Waals surface area (Å²) in [4.78, 5) is 13.6. The van der Waals surface area contributed by atoms with Crippen molar-refractivity contribution >= 4 is 16.7 Å². The van der Waals surface area contributed by atoms with E-state index in [0.717, 1.165) is 12.8 Å². The van der Waals surface area contributed by atoms with Crippen molar-refractivity contribution in [3.8, 4) is 0 Å². The summed E-state index contributed by atoms with van der Waals surface area (Å²) in [5, 5.41) is 0. The lowest BCUT2D eigenvalue weighted by Gasteiger charge is -2.26. The van der Waals surface area contributed by atoms with Gasteiger partial charge in [0.2, 0.25) is 5.91 Å². The van der Waals surface area contributed by atoms with Gasteiger partial charge in [-0.15, -0.1) is 0 Å². The Morgan fingerprint density at radius 2 is 2.00 bits per heavy atom. The van der Waals surface area contributed by atoms with E-state index >= 15 is 0 Å². The van der Waals surface area contributed by atoms with Crippen molar-refractivity contribution in [2.45, 2.75) is 33.1 Å². The van der Waals surface area contributed by atoms with Crippen LogP contribution in [0.5, 0.6) is 0 Å².